The van der Waals surface area contributed by atoms with Crippen LogP contribution in [-0.4, -0.2) is 57.4 Å². The first kappa shape index (κ1) is 20.6. The summed E-state index contributed by atoms with van der Waals surface area (Å²) in [5, 5.41) is 3.29. The third kappa shape index (κ3) is 7.70. The molecule has 0 aliphatic carbocycles. The predicted octanol–water partition coefficient (Wildman–Crippen LogP) is 3.06. The number of hydrogen-bond donors (Lipinski definition) is 1. The van der Waals surface area contributed by atoms with E-state index in [1.807, 2.05) is 24.9 Å². The summed E-state index contributed by atoms with van der Waals surface area (Å²) < 4.78 is 24.5. The van der Waals surface area contributed by atoms with E-state index in [0.29, 0.717) is 19.0 Å². The molecule has 5 nitrogen and oxygen atoms in total. The van der Waals surface area contributed by atoms with Crippen molar-refractivity contribution >= 4 is 5.96 Å². The van der Waals surface area contributed by atoms with Crippen molar-refractivity contribution in [1.29, 1.82) is 0 Å². The van der Waals surface area contributed by atoms with Gasteiger partial charge in [0.1, 0.15) is 5.82 Å². The number of benzene rings is 1. The molecule has 0 bridgehead atoms. The predicted molar refractivity (Wildman–Crippen MR) is 103 cm³/mol. The lowest BCUT2D eigenvalue weighted by Crippen LogP contribution is -2.38. The highest BCUT2D eigenvalue weighted by molar-refractivity contribution is 5.79. The normalized spacial score (nSPS) is 15.9. The van der Waals surface area contributed by atoms with Crippen LogP contribution in [0.4, 0.5) is 4.39 Å². The average molecular weight is 365 g/mol. The molecule has 1 heterocycles. The smallest absolute Gasteiger partial charge is 0.193 e. The number of halogens is 1. The van der Waals surface area contributed by atoms with Gasteiger partial charge in [0.05, 0.1) is 0 Å². The van der Waals surface area contributed by atoms with Crippen LogP contribution in [0.3, 0.4) is 0 Å². The molecule has 1 N–H and O–H groups in total. The average Bonchev–Trinajstić information content (AvgIpc) is 2.64. The Morgan fingerprint density at radius 1 is 1.38 bits per heavy atom. The molecular formula is C20H32FN3O2. The Bertz CT molecular complexity index is 548. The molecule has 1 fully saturated rings. The zero-order chi connectivity index (χ0) is 18.6. The molecule has 1 aromatic carbocycles. The number of aliphatic imine (C=N–C) groups is 1. The van der Waals surface area contributed by atoms with Crippen molar-refractivity contribution in [3.05, 3.63) is 35.6 Å². The van der Waals surface area contributed by atoms with Crippen LogP contribution in [0.1, 0.15) is 31.7 Å². The third-order valence-corrected chi connectivity index (χ3v) is 4.41. The van der Waals surface area contributed by atoms with Gasteiger partial charge in [-0.2, -0.15) is 0 Å². The highest BCUT2D eigenvalue weighted by Crippen LogP contribution is 2.14. The van der Waals surface area contributed by atoms with Gasteiger partial charge < -0.3 is 19.7 Å². The van der Waals surface area contributed by atoms with Crippen LogP contribution in [0, 0.1) is 11.7 Å². The van der Waals surface area contributed by atoms with Crippen LogP contribution in [-0.2, 0) is 16.0 Å². The summed E-state index contributed by atoms with van der Waals surface area (Å²) >= 11 is 0. The van der Waals surface area contributed by atoms with Crippen molar-refractivity contribution < 1.29 is 13.9 Å². The van der Waals surface area contributed by atoms with Gasteiger partial charge in [-0.3, -0.25) is 4.99 Å². The summed E-state index contributed by atoms with van der Waals surface area (Å²) in [5.41, 5.74) is 0.929. The molecule has 0 spiro atoms. The summed E-state index contributed by atoms with van der Waals surface area (Å²) in [4.78, 5) is 6.67. The lowest BCUT2D eigenvalue weighted by atomic mass is 10.0. The maximum absolute atomic E-state index is 13.3. The van der Waals surface area contributed by atoms with E-state index in [1.165, 1.54) is 6.07 Å². The lowest BCUT2D eigenvalue weighted by molar-refractivity contribution is 0.0205. The second kappa shape index (κ2) is 11.9. The summed E-state index contributed by atoms with van der Waals surface area (Å²) in [6, 6.07) is 6.68. The zero-order valence-corrected chi connectivity index (χ0v) is 16.0. The Hall–Kier alpha value is -1.66. The van der Waals surface area contributed by atoms with E-state index in [0.717, 1.165) is 63.8 Å². The Balaban J connectivity index is 1.70. The van der Waals surface area contributed by atoms with Gasteiger partial charge in [0.2, 0.25) is 0 Å². The molecule has 0 saturated carbocycles. The fourth-order valence-electron chi connectivity index (χ4n) is 2.97. The van der Waals surface area contributed by atoms with Crippen LogP contribution in [0.15, 0.2) is 29.3 Å². The minimum absolute atomic E-state index is 0.209. The molecular weight excluding hydrogens is 333 g/mol. The Labute approximate surface area is 156 Å². The van der Waals surface area contributed by atoms with Crippen molar-refractivity contribution in [2.75, 3.05) is 46.6 Å². The molecule has 1 aliphatic rings. The molecule has 1 aliphatic heterocycles. The summed E-state index contributed by atoms with van der Waals surface area (Å²) in [7, 11) is 1.97. The number of guanidine groups is 1. The number of ether oxygens (including phenoxy) is 2. The lowest BCUT2D eigenvalue weighted by Gasteiger charge is -2.22. The molecule has 0 unspecified atom stereocenters. The molecule has 1 aromatic rings. The van der Waals surface area contributed by atoms with Crippen LogP contribution in [0.5, 0.6) is 0 Å². The first-order valence-corrected chi connectivity index (χ1v) is 9.58. The van der Waals surface area contributed by atoms with E-state index >= 15 is 0 Å². The molecule has 6 heteroatoms. The van der Waals surface area contributed by atoms with Crippen molar-refractivity contribution in [1.82, 2.24) is 10.2 Å². The maximum atomic E-state index is 13.3. The second-order valence-electron chi connectivity index (χ2n) is 6.71. The molecule has 0 amide bonds. The monoisotopic (exact) mass is 365 g/mol. The van der Waals surface area contributed by atoms with Crippen molar-refractivity contribution in [3.63, 3.8) is 0 Å². The van der Waals surface area contributed by atoms with E-state index in [9.17, 15) is 4.39 Å². The van der Waals surface area contributed by atoms with Gasteiger partial charge in [-0.25, -0.2) is 4.39 Å². The van der Waals surface area contributed by atoms with E-state index < -0.39 is 0 Å². The standard InChI is InChI=1S/C20H32FN3O2/c1-3-22-20(24(2)15-18-6-4-7-19(21)14-18)23-10-5-11-26-16-17-8-12-25-13-9-17/h4,6-7,14,17H,3,5,8-13,15-16H2,1-2H3,(H,22,23). The number of rotatable bonds is 9. The van der Waals surface area contributed by atoms with Crippen LogP contribution >= 0.6 is 0 Å². The van der Waals surface area contributed by atoms with Gasteiger partial charge in [0.25, 0.3) is 0 Å². The fourth-order valence-corrected chi connectivity index (χ4v) is 2.97. The van der Waals surface area contributed by atoms with Crippen molar-refractivity contribution in [3.8, 4) is 0 Å². The van der Waals surface area contributed by atoms with Gasteiger partial charge in [0, 0.05) is 53.1 Å². The van der Waals surface area contributed by atoms with Crippen LogP contribution in [0.2, 0.25) is 0 Å². The molecule has 0 atom stereocenters. The summed E-state index contributed by atoms with van der Waals surface area (Å²) in [6.45, 7) is 7.45. The summed E-state index contributed by atoms with van der Waals surface area (Å²) in [6.07, 6.45) is 3.10. The fraction of sp³-hybridized carbons (Fsp3) is 0.650. The van der Waals surface area contributed by atoms with E-state index in [4.69, 9.17) is 9.47 Å². The molecule has 146 valence electrons. The maximum Gasteiger partial charge on any atom is 0.193 e. The van der Waals surface area contributed by atoms with E-state index in [2.05, 4.69) is 10.3 Å². The third-order valence-electron chi connectivity index (χ3n) is 4.41. The molecule has 2 rings (SSSR count). The topological polar surface area (TPSA) is 46.1 Å². The minimum Gasteiger partial charge on any atom is -0.381 e. The number of nitrogens with one attached hydrogen (secondary N) is 1. The van der Waals surface area contributed by atoms with Gasteiger partial charge in [0.15, 0.2) is 5.96 Å². The van der Waals surface area contributed by atoms with Gasteiger partial charge >= 0.3 is 0 Å². The highest BCUT2D eigenvalue weighted by Gasteiger charge is 2.13. The molecule has 26 heavy (non-hydrogen) atoms. The largest absolute Gasteiger partial charge is 0.381 e. The first-order valence-electron chi connectivity index (χ1n) is 9.58. The Morgan fingerprint density at radius 2 is 2.19 bits per heavy atom. The van der Waals surface area contributed by atoms with Crippen molar-refractivity contribution in [2.45, 2.75) is 32.7 Å². The molecule has 0 radical (unpaired) electrons. The zero-order valence-electron chi connectivity index (χ0n) is 16.0. The van der Waals surface area contributed by atoms with Gasteiger partial charge in [-0.05, 0) is 49.8 Å². The van der Waals surface area contributed by atoms with E-state index in [-0.39, 0.29) is 5.82 Å². The molecule has 0 aromatic heterocycles. The number of hydrogen-bond acceptors (Lipinski definition) is 3. The quantitative estimate of drug-likeness (QED) is 0.415. The number of nitrogens with zero attached hydrogens (tertiary/aromatic N) is 2. The van der Waals surface area contributed by atoms with Gasteiger partial charge in [-0.1, -0.05) is 12.1 Å². The first-order chi connectivity index (χ1) is 12.7. The van der Waals surface area contributed by atoms with Gasteiger partial charge in [-0.15, -0.1) is 0 Å². The second-order valence-corrected chi connectivity index (χ2v) is 6.71. The van der Waals surface area contributed by atoms with Crippen LogP contribution < -0.4 is 5.32 Å². The highest BCUT2D eigenvalue weighted by atomic mass is 19.1. The van der Waals surface area contributed by atoms with E-state index in [1.54, 1.807) is 12.1 Å². The van der Waals surface area contributed by atoms with Crippen LogP contribution in [0.25, 0.3) is 0 Å². The Kier molecular flexibility index (Phi) is 9.42. The van der Waals surface area contributed by atoms with Crippen molar-refractivity contribution in [2.24, 2.45) is 10.9 Å². The summed E-state index contributed by atoms with van der Waals surface area (Å²) in [5.74, 6) is 1.27. The minimum atomic E-state index is -0.209. The SMILES string of the molecule is CCNC(=NCCCOCC1CCOCC1)N(C)Cc1cccc(F)c1. The molecule has 1 saturated heterocycles. The Morgan fingerprint density at radius 3 is 2.92 bits per heavy atom.